The van der Waals surface area contributed by atoms with E-state index in [0.29, 0.717) is 6.54 Å². The number of aliphatic hydroxyl groups is 1. The molecule has 0 bridgehead atoms. The molecule has 116 valence electrons. The van der Waals surface area contributed by atoms with Gasteiger partial charge in [-0.2, -0.15) is 0 Å². The average Bonchev–Trinajstić information content (AvgIpc) is 3.06. The molecule has 0 spiro atoms. The van der Waals surface area contributed by atoms with Crippen molar-refractivity contribution >= 4 is 6.41 Å². The van der Waals surface area contributed by atoms with Crippen molar-refractivity contribution < 1.29 is 19.4 Å². The van der Waals surface area contributed by atoms with Gasteiger partial charge in [0.05, 0.1) is 6.04 Å². The molecule has 3 aliphatic rings. The molecule has 0 aromatic heterocycles. The van der Waals surface area contributed by atoms with Crippen LogP contribution >= 0.6 is 0 Å². The minimum atomic E-state index is -0.733. The molecule has 5 heteroatoms. The molecule has 0 radical (unpaired) electrons. The summed E-state index contributed by atoms with van der Waals surface area (Å²) in [6.07, 6.45) is 0.853. The zero-order valence-corrected chi connectivity index (χ0v) is 12.4. The Morgan fingerprint density at radius 3 is 3.00 bits per heavy atom. The lowest BCUT2D eigenvalue weighted by atomic mass is 9.75. The third kappa shape index (κ3) is 1.57. The summed E-state index contributed by atoms with van der Waals surface area (Å²) < 4.78 is 11.3. The van der Waals surface area contributed by atoms with Crippen molar-refractivity contribution in [1.29, 1.82) is 0 Å². The van der Waals surface area contributed by atoms with Crippen molar-refractivity contribution in [2.75, 3.05) is 13.3 Å². The Hall–Kier alpha value is -2.53. The lowest BCUT2D eigenvalue weighted by Crippen LogP contribution is -2.39. The van der Waals surface area contributed by atoms with E-state index in [9.17, 15) is 9.90 Å². The number of amides is 1. The highest BCUT2D eigenvalue weighted by Gasteiger charge is 2.42. The summed E-state index contributed by atoms with van der Waals surface area (Å²) in [5.41, 5.74) is 4.88. The Labute approximate surface area is 133 Å². The van der Waals surface area contributed by atoms with E-state index in [2.05, 4.69) is 0 Å². The molecule has 1 N–H and O–H groups in total. The molecule has 2 aromatic carbocycles. The molecule has 0 saturated heterocycles. The van der Waals surface area contributed by atoms with Crippen molar-refractivity contribution in [2.45, 2.75) is 18.6 Å². The number of hydrogen-bond acceptors (Lipinski definition) is 4. The van der Waals surface area contributed by atoms with Gasteiger partial charge in [0.25, 0.3) is 0 Å². The first-order valence-corrected chi connectivity index (χ1v) is 7.73. The molecule has 5 nitrogen and oxygen atoms in total. The van der Waals surface area contributed by atoms with Gasteiger partial charge in [0, 0.05) is 12.1 Å². The molecule has 1 aliphatic carbocycles. The zero-order chi connectivity index (χ0) is 15.6. The van der Waals surface area contributed by atoms with Crippen molar-refractivity contribution in [3.8, 4) is 22.6 Å². The standard InChI is InChI=1S/C18H15NO4/c20-8-19-6-5-10-7-13-18(23-9-22-13)15-11-3-1-2-4-12(11)17(21)16(19)14(10)15/h1-4,7-8,16-17,21H,5-6,9H2/t16-,17-/m0/s1. The van der Waals surface area contributed by atoms with Crippen LogP contribution in [0.15, 0.2) is 30.3 Å². The number of rotatable bonds is 1. The summed E-state index contributed by atoms with van der Waals surface area (Å²) in [7, 11) is 0. The molecular weight excluding hydrogens is 294 g/mol. The van der Waals surface area contributed by atoms with Gasteiger partial charge < -0.3 is 19.5 Å². The molecule has 5 rings (SSSR count). The fraction of sp³-hybridized carbons (Fsp3) is 0.278. The maximum Gasteiger partial charge on any atom is 0.231 e. The van der Waals surface area contributed by atoms with Gasteiger partial charge in [-0.05, 0) is 34.7 Å². The Kier molecular flexibility index (Phi) is 2.53. The molecular formula is C18H15NO4. The first-order valence-electron chi connectivity index (χ1n) is 7.73. The molecule has 2 heterocycles. The number of carbonyl (C=O) groups is 1. The van der Waals surface area contributed by atoms with E-state index in [0.717, 1.165) is 52.1 Å². The predicted octanol–water partition coefficient (Wildman–Crippen LogP) is 2.18. The highest BCUT2D eigenvalue weighted by Crippen LogP contribution is 2.56. The second-order valence-electron chi connectivity index (χ2n) is 6.13. The molecule has 0 unspecified atom stereocenters. The van der Waals surface area contributed by atoms with E-state index in [1.165, 1.54) is 0 Å². The summed E-state index contributed by atoms with van der Waals surface area (Å²) in [6.45, 7) is 0.803. The second kappa shape index (κ2) is 4.49. The van der Waals surface area contributed by atoms with Gasteiger partial charge in [-0.1, -0.05) is 24.3 Å². The van der Waals surface area contributed by atoms with Crippen LogP contribution in [0.5, 0.6) is 11.5 Å². The fourth-order valence-corrected chi connectivity index (χ4v) is 4.09. The molecule has 0 fully saturated rings. The van der Waals surface area contributed by atoms with Gasteiger partial charge in [0.2, 0.25) is 13.2 Å². The number of fused-ring (bicyclic) bond motifs is 4. The van der Waals surface area contributed by atoms with Crippen molar-refractivity contribution in [3.05, 3.63) is 47.0 Å². The Morgan fingerprint density at radius 2 is 2.13 bits per heavy atom. The first-order chi connectivity index (χ1) is 11.3. The average molecular weight is 309 g/mol. The number of hydrogen-bond donors (Lipinski definition) is 1. The lowest BCUT2D eigenvalue weighted by molar-refractivity contribution is -0.123. The molecule has 2 atom stereocenters. The van der Waals surface area contributed by atoms with Crippen molar-refractivity contribution in [3.63, 3.8) is 0 Å². The topological polar surface area (TPSA) is 59.0 Å². The summed E-state index contributed by atoms with van der Waals surface area (Å²) in [4.78, 5) is 13.2. The van der Waals surface area contributed by atoms with Crippen LogP contribution in [0.3, 0.4) is 0 Å². The van der Waals surface area contributed by atoms with E-state index < -0.39 is 6.10 Å². The van der Waals surface area contributed by atoms with E-state index in [4.69, 9.17) is 9.47 Å². The zero-order valence-electron chi connectivity index (χ0n) is 12.4. The number of aliphatic hydroxyl groups excluding tert-OH is 1. The van der Waals surface area contributed by atoms with Crippen LogP contribution < -0.4 is 9.47 Å². The van der Waals surface area contributed by atoms with E-state index >= 15 is 0 Å². The first kappa shape index (κ1) is 13.0. The van der Waals surface area contributed by atoms with Crippen LogP contribution in [0.4, 0.5) is 0 Å². The minimum absolute atomic E-state index is 0.206. The molecule has 2 aliphatic heterocycles. The highest BCUT2D eigenvalue weighted by atomic mass is 16.7. The highest BCUT2D eigenvalue weighted by molar-refractivity contribution is 5.84. The second-order valence-corrected chi connectivity index (χ2v) is 6.13. The van der Waals surface area contributed by atoms with Crippen molar-refractivity contribution in [2.24, 2.45) is 0 Å². The Bertz CT molecular complexity index is 832. The number of benzene rings is 2. The molecule has 23 heavy (non-hydrogen) atoms. The maximum absolute atomic E-state index is 11.5. The maximum atomic E-state index is 11.5. The fourth-order valence-electron chi connectivity index (χ4n) is 4.09. The number of ether oxygens (including phenoxy) is 2. The lowest BCUT2D eigenvalue weighted by Gasteiger charge is -2.42. The third-order valence-corrected chi connectivity index (χ3v) is 5.06. The number of nitrogens with zero attached hydrogens (tertiary/aromatic N) is 1. The smallest absolute Gasteiger partial charge is 0.231 e. The Morgan fingerprint density at radius 1 is 1.26 bits per heavy atom. The predicted molar refractivity (Wildman–Crippen MR) is 82.2 cm³/mol. The molecule has 0 saturated carbocycles. The minimum Gasteiger partial charge on any atom is -0.454 e. The van der Waals surface area contributed by atoms with Crippen LogP contribution in [0.25, 0.3) is 11.1 Å². The Balaban J connectivity index is 1.89. The van der Waals surface area contributed by atoms with E-state index in [-0.39, 0.29) is 12.8 Å². The molecule has 2 aromatic rings. The molecule has 1 amide bonds. The largest absolute Gasteiger partial charge is 0.454 e. The van der Waals surface area contributed by atoms with Gasteiger partial charge in [0.1, 0.15) is 6.10 Å². The van der Waals surface area contributed by atoms with E-state index in [1.807, 2.05) is 30.3 Å². The number of carbonyl (C=O) groups excluding carboxylic acids is 1. The van der Waals surface area contributed by atoms with Crippen LogP contribution in [0.2, 0.25) is 0 Å². The summed E-state index contributed by atoms with van der Waals surface area (Å²) in [5.74, 6) is 1.48. The van der Waals surface area contributed by atoms with Crippen molar-refractivity contribution in [1.82, 2.24) is 4.90 Å². The SMILES string of the molecule is O=CN1CCc2cc3c(c4c2[C@H]1[C@@H](O)c1ccccc1-4)OCO3. The summed E-state index contributed by atoms with van der Waals surface area (Å²) in [5, 5.41) is 10.9. The van der Waals surface area contributed by atoms with Gasteiger partial charge >= 0.3 is 0 Å². The van der Waals surface area contributed by atoms with Gasteiger partial charge in [-0.15, -0.1) is 0 Å². The quantitative estimate of drug-likeness (QED) is 0.820. The summed E-state index contributed by atoms with van der Waals surface area (Å²) in [6, 6.07) is 9.39. The third-order valence-electron chi connectivity index (χ3n) is 5.06. The normalized spacial score (nSPS) is 23.3. The van der Waals surface area contributed by atoms with Gasteiger partial charge in [-0.25, -0.2) is 0 Å². The van der Waals surface area contributed by atoms with E-state index in [1.54, 1.807) is 4.90 Å². The van der Waals surface area contributed by atoms with Crippen LogP contribution in [0, 0.1) is 0 Å². The van der Waals surface area contributed by atoms with Gasteiger partial charge in [0.15, 0.2) is 11.5 Å². The van der Waals surface area contributed by atoms with Gasteiger partial charge in [-0.3, -0.25) is 4.79 Å². The van der Waals surface area contributed by atoms with Crippen LogP contribution in [-0.4, -0.2) is 29.8 Å². The monoisotopic (exact) mass is 309 g/mol. The van der Waals surface area contributed by atoms with Crippen LogP contribution in [0.1, 0.15) is 28.8 Å². The summed E-state index contributed by atoms with van der Waals surface area (Å²) >= 11 is 0. The van der Waals surface area contributed by atoms with Crippen LogP contribution in [-0.2, 0) is 11.2 Å².